The van der Waals surface area contributed by atoms with Crippen LogP contribution in [0.25, 0.3) is 0 Å². The van der Waals surface area contributed by atoms with E-state index in [1.165, 1.54) is 28.6 Å². The van der Waals surface area contributed by atoms with Gasteiger partial charge in [-0.15, -0.1) is 10.2 Å². The van der Waals surface area contributed by atoms with Gasteiger partial charge in [-0.2, -0.15) is 0 Å². The maximum absolute atomic E-state index is 13.3. The maximum Gasteiger partial charge on any atom is 0.338 e. The lowest BCUT2D eigenvalue weighted by atomic mass is 10.1. The van der Waals surface area contributed by atoms with Crippen LogP contribution in [0.4, 0.5) is 5.69 Å². The summed E-state index contributed by atoms with van der Waals surface area (Å²) >= 11 is 0. The van der Waals surface area contributed by atoms with Gasteiger partial charge in [-0.1, -0.05) is 24.3 Å². The minimum absolute atomic E-state index is 0.0316. The fraction of sp³-hybridized carbons (Fsp3) is 0.250. The molecule has 3 aromatic rings. The Morgan fingerprint density at radius 3 is 2.76 bits per heavy atom. The summed E-state index contributed by atoms with van der Waals surface area (Å²) in [6.45, 7) is 3.30. The van der Waals surface area contributed by atoms with Crippen molar-refractivity contribution in [1.29, 1.82) is 0 Å². The second-order valence-electron chi connectivity index (χ2n) is 6.80. The van der Waals surface area contributed by atoms with Crippen molar-refractivity contribution >= 4 is 21.7 Å². The maximum atomic E-state index is 13.3. The molecule has 1 aromatic heterocycles. The molecule has 150 valence electrons. The molecule has 1 atom stereocenters. The summed E-state index contributed by atoms with van der Waals surface area (Å²) in [4.78, 5) is 12.4. The van der Waals surface area contributed by atoms with Crippen LogP contribution in [0, 0.1) is 6.92 Å². The van der Waals surface area contributed by atoms with E-state index in [1.807, 2.05) is 25.1 Å². The lowest BCUT2D eigenvalue weighted by Gasteiger charge is -2.24. The predicted molar refractivity (Wildman–Crippen MR) is 104 cm³/mol. The molecule has 0 amide bonds. The minimum atomic E-state index is -3.84. The fourth-order valence-corrected chi connectivity index (χ4v) is 5.15. The molecule has 29 heavy (non-hydrogen) atoms. The van der Waals surface area contributed by atoms with Crippen LogP contribution in [0.15, 0.2) is 57.8 Å². The van der Waals surface area contributed by atoms with Crippen LogP contribution >= 0.6 is 0 Å². The Kier molecular flexibility index (Phi) is 4.83. The lowest BCUT2D eigenvalue weighted by Crippen LogP contribution is -2.35. The number of fused-ring (bicyclic) bond motifs is 1. The number of hydrogen-bond acceptors (Lipinski definition) is 7. The number of sulfonamides is 1. The zero-order chi connectivity index (χ0) is 20.6. The molecule has 0 bridgehead atoms. The van der Waals surface area contributed by atoms with Crippen LogP contribution in [0.1, 0.15) is 34.6 Å². The molecule has 9 heteroatoms. The molecule has 1 aliphatic heterocycles. The van der Waals surface area contributed by atoms with Crippen molar-refractivity contribution in [1.82, 2.24) is 10.2 Å². The van der Waals surface area contributed by atoms with Crippen LogP contribution in [-0.2, 0) is 27.8 Å². The van der Waals surface area contributed by atoms with Crippen LogP contribution < -0.4 is 4.31 Å². The number of carbonyl (C=O) groups is 1. The highest BCUT2D eigenvalue weighted by Gasteiger charge is 2.36. The van der Waals surface area contributed by atoms with Gasteiger partial charge in [0.2, 0.25) is 5.89 Å². The standard InChI is InChI=1S/C20H19N3O5S/c1-13-10-15-6-3-4-9-18(15)23(13)29(25,26)17-8-5-7-16(11-17)20(24)27-12-19-22-21-14(2)28-19/h3-9,11,13H,10,12H2,1-2H3/t13-/m0/s1. The van der Waals surface area contributed by atoms with Crippen LogP contribution in [0.2, 0.25) is 0 Å². The molecule has 2 aromatic carbocycles. The van der Waals surface area contributed by atoms with E-state index in [9.17, 15) is 13.2 Å². The zero-order valence-electron chi connectivity index (χ0n) is 15.9. The first-order valence-electron chi connectivity index (χ1n) is 9.05. The Morgan fingerprint density at radius 2 is 2.00 bits per heavy atom. The fourth-order valence-electron chi connectivity index (χ4n) is 3.41. The molecule has 0 radical (unpaired) electrons. The van der Waals surface area contributed by atoms with E-state index >= 15 is 0 Å². The van der Waals surface area contributed by atoms with Gasteiger partial charge >= 0.3 is 5.97 Å². The van der Waals surface area contributed by atoms with Gasteiger partial charge < -0.3 is 9.15 Å². The van der Waals surface area contributed by atoms with E-state index in [2.05, 4.69) is 10.2 Å². The lowest BCUT2D eigenvalue weighted by molar-refractivity contribution is 0.0436. The number of hydrogen-bond donors (Lipinski definition) is 0. The van der Waals surface area contributed by atoms with Crippen molar-refractivity contribution in [2.45, 2.75) is 37.8 Å². The quantitative estimate of drug-likeness (QED) is 0.593. The molecule has 2 heterocycles. The molecular weight excluding hydrogens is 394 g/mol. The number of ether oxygens (including phenoxy) is 1. The summed E-state index contributed by atoms with van der Waals surface area (Å²) in [5.74, 6) is -0.140. The summed E-state index contributed by atoms with van der Waals surface area (Å²) in [6, 6.07) is 13.0. The van der Waals surface area contributed by atoms with E-state index in [1.54, 1.807) is 13.0 Å². The first-order valence-corrected chi connectivity index (χ1v) is 10.5. The largest absolute Gasteiger partial charge is 0.452 e. The number of esters is 1. The number of rotatable bonds is 5. The van der Waals surface area contributed by atoms with Gasteiger partial charge in [0.05, 0.1) is 16.1 Å². The third-order valence-corrected chi connectivity index (χ3v) is 6.59. The van der Waals surface area contributed by atoms with Crippen molar-refractivity contribution in [3.8, 4) is 0 Å². The van der Waals surface area contributed by atoms with E-state index < -0.39 is 16.0 Å². The summed E-state index contributed by atoms with van der Waals surface area (Å²) in [6.07, 6.45) is 0.640. The van der Waals surface area contributed by atoms with E-state index in [4.69, 9.17) is 9.15 Å². The molecule has 4 rings (SSSR count). The summed E-state index contributed by atoms with van der Waals surface area (Å²) < 4.78 is 38.3. The van der Waals surface area contributed by atoms with Gasteiger partial charge in [0.15, 0.2) is 6.61 Å². The number of carbonyl (C=O) groups excluding carboxylic acids is 1. The Labute approximate surface area is 168 Å². The van der Waals surface area contributed by atoms with Crippen LogP contribution in [0.5, 0.6) is 0 Å². The normalized spacial score (nSPS) is 15.9. The number of nitrogens with zero attached hydrogens (tertiary/aromatic N) is 3. The second-order valence-corrected chi connectivity index (χ2v) is 8.62. The van der Waals surface area contributed by atoms with Gasteiger partial charge in [-0.25, -0.2) is 13.2 Å². The smallest absolute Gasteiger partial charge is 0.338 e. The second kappa shape index (κ2) is 7.32. The van der Waals surface area contributed by atoms with Gasteiger partial charge in [0.1, 0.15) is 0 Å². The molecule has 0 saturated heterocycles. The minimum Gasteiger partial charge on any atom is -0.452 e. The number of aromatic nitrogens is 2. The van der Waals surface area contributed by atoms with E-state index in [0.29, 0.717) is 18.0 Å². The molecule has 0 saturated carbocycles. The number of benzene rings is 2. The molecule has 0 N–H and O–H groups in total. The van der Waals surface area contributed by atoms with Gasteiger partial charge in [-0.3, -0.25) is 4.31 Å². The molecule has 0 spiro atoms. The predicted octanol–water partition coefficient (Wildman–Crippen LogP) is 2.87. The van der Waals surface area contributed by atoms with Gasteiger partial charge in [-0.05, 0) is 43.2 Å². The Bertz CT molecular complexity index is 1170. The molecule has 0 aliphatic carbocycles. The van der Waals surface area contributed by atoms with E-state index in [0.717, 1.165) is 5.56 Å². The van der Waals surface area contributed by atoms with Crippen molar-refractivity contribution in [2.75, 3.05) is 4.31 Å². The molecule has 0 fully saturated rings. The monoisotopic (exact) mass is 413 g/mol. The summed E-state index contributed by atoms with van der Waals surface area (Å²) in [7, 11) is -3.84. The zero-order valence-corrected chi connectivity index (χ0v) is 16.7. The topological polar surface area (TPSA) is 103 Å². The highest BCUT2D eigenvalue weighted by atomic mass is 32.2. The Balaban J connectivity index is 1.58. The highest BCUT2D eigenvalue weighted by Crippen LogP contribution is 2.36. The average molecular weight is 413 g/mol. The van der Waals surface area contributed by atoms with Crippen LogP contribution in [0.3, 0.4) is 0 Å². The first kappa shape index (κ1) is 19.1. The van der Waals surface area contributed by atoms with Crippen LogP contribution in [-0.4, -0.2) is 30.6 Å². The van der Waals surface area contributed by atoms with Gasteiger partial charge in [0, 0.05) is 13.0 Å². The van der Waals surface area contributed by atoms with Crippen molar-refractivity contribution in [2.24, 2.45) is 0 Å². The molecule has 1 aliphatic rings. The molecule has 0 unspecified atom stereocenters. The first-order chi connectivity index (χ1) is 13.9. The Hall–Kier alpha value is -3.20. The highest BCUT2D eigenvalue weighted by molar-refractivity contribution is 7.92. The third kappa shape index (κ3) is 3.61. The number of aryl methyl sites for hydroxylation is 1. The van der Waals surface area contributed by atoms with E-state index in [-0.39, 0.29) is 29.0 Å². The van der Waals surface area contributed by atoms with Crippen molar-refractivity contribution < 1.29 is 22.4 Å². The van der Waals surface area contributed by atoms with Crippen molar-refractivity contribution in [3.05, 3.63) is 71.4 Å². The molecular formula is C20H19N3O5S. The average Bonchev–Trinajstić information content (AvgIpc) is 3.28. The summed E-state index contributed by atoms with van der Waals surface area (Å²) in [5.41, 5.74) is 1.77. The third-order valence-electron chi connectivity index (χ3n) is 4.67. The Morgan fingerprint density at radius 1 is 1.21 bits per heavy atom. The SMILES string of the molecule is Cc1nnc(COC(=O)c2cccc(S(=O)(=O)N3c4ccccc4C[C@@H]3C)c2)o1. The van der Waals surface area contributed by atoms with Crippen molar-refractivity contribution in [3.63, 3.8) is 0 Å². The number of anilines is 1. The van der Waals surface area contributed by atoms with Gasteiger partial charge in [0.25, 0.3) is 15.9 Å². The molecule has 8 nitrogen and oxygen atoms in total. The summed E-state index contributed by atoms with van der Waals surface area (Å²) in [5, 5.41) is 7.41. The number of para-hydroxylation sites is 1.